The fraction of sp³-hybridized carbons (Fsp3) is 0.0667. The summed E-state index contributed by atoms with van der Waals surface area (Å²) in [6.07, 6.45) is 2.14. The van der Waals surface area contributed by atoms with Gasteiger partial charge in [0.05, 0.1) is 0 Å². The molecule has 0 saturated carbocycles. The molecule has 0 aromatic heterocycles. The van der Waals surface area contributed by atoms with Crippen molar-refractivity contribution in [2.45, 2.75) is 18.9 Å². The van der Waals surface area contributed by atoms with Gasteiger partial charge in [0.15, 0.2) is 0 Å². The third-order valence-electron chi connectivity index (χ3n) is 9.77. The molecule has 0 radical (unpaired) electrons. The van der Waals surface area contributed by atoms with Crippen LogP contribution in [0.25, 0.3) is 55.6 Å². The Hall–Kier alpha value is -5.66. The highest BCUT2D eigenvalue weighted by molar-refractivity contribution is 5.98. The second-order valence-electron chi connectivity index (χ2n) is 12.5. The van der Waals surface area contributed by atoms with Gasteiger partial charge in [-0.1, -0.05) is 133 Å². The smallest absolute Gasteiger partial charge is 0.0447 e. The van der Waals surface area contributed by atoms with Crippen molar-refractivity contribution in [3.05, 3.63) is 181 Å². The second-order valence-corrected chi connectivity index (χ2v) is 12.5. The molecule has 1 heteroatoms. The van der Waals surface area contributed by atoms with E-state index in [2.05, 4.69) is 175 Å². The molecule has 0 saturated heterocycles. The molecule has 0 spiro atoms. The van der Waals surface area contributed by atoms with Gasteiger partial charge in [0, 0.05) is 17.4 Å². The lowest BCUT2D eigenvalue weighted by molar-refractivity contribution is 0.725. The van der Waals surface area contributed by atoms with E-state index < -0.39 is 0 Å². The molecule has 1 nitrogen and oxygen atoms in total. The molecule has 0 bridgehead atoms. The first kappa shape index (κ1) is 26.7. The van der Waals surface area contributed by atoms with Crippen LogP contribution in [-0.4, -0.2) is 6.04 Å². The number of nitrogens with zero attached hydrogens (tertiary/aromatic N) is 1. The topological polar surface area (TPSA) is 3.24 Å². The van der Waals surface area contributed by atoms with E-state index in [0.717, 1.165) is 12.8 Å². The Balaban J connectivity index is 1.19. The monoisotopic (exact) mass is 587 g/mol. The zero-order valence-electron chi connectivity index (χ0n) is 25.6. The second kappa shape index (κ2) is 11.1. The summed E-state index contributed by atoms with van der Waals surface area (Å²) in [7, 11) is 0. The normalized spacial score (nSPS) is 14.5. The SMILES string of the molecule is c1ccc(-c2ccc3c(c2)CC2Cc4cc(-c5c(-c6ccccc6)cc(-c6ccccc6)cc5-c5ccccc5)ccc4N32)cc1. The Labute approximate surface area is 271 Å². The molecule has 2 heterocycles. The number of hydrogen-bond acceptors (Lipinski definition) is 1. The largest absolute Gasteiger partial charge is 0.337 e. The van der Waals surface area contributed by atoms with Crippen molar-refractivity contribution in [3.8, 4) is 55.6 Å². The van der Waals surface area contributed by atoms with Gasteiger partial charge >= 0.3 is 0 Å². The zero-order valence-corrected chi connectivity index (χ0v) is 25.6. The molecule has 7 aromatic rings. The van der Waals surface area contributed by atoms with E-state index in [9.17, 15) is 0 Å². The van der Waals surface area contributed by atoms with E-state index in [1.165, 1.54) is 78.1 Å². The van der Waals surface area contributed by atoms with E-state index in [4.69, 9.17) is 0 Å². The fourth-order valence-electron chi connectivity index (χ4n) is 7.66. The molecule has 7 aromatic carbocycles. The average molecular weight is 588 g/mol. The molecule has 1 atom stereocenters. The summed E-state index contributed by atoms with van der Waals surface area (Å²) in [4.78, 5) is 2.60. The summed E-state index contributed by atoms with van der Waals surface area (Å²) < 4.78 is 0. The summed E-state index contributed by atoms with van der Waals surface area (Å²) >= 11 is 0. The molecule has 0 aliphatic carbocycles. The Morgan fingerprint density at radius 3 is 1.26 bits per heavy atom. The van der Waals surface area contributed by atoms with Gasteiger partial charge in [-0.3, -0.25) is 0 Å². The number of anilines is 2. The molecule has 46 heavy (non-hydrogen) atoms. The summed E-state index contributed by atoms with van der Waals surface area (Å²) in [5.74, 6) is 0. The summed E-state index contributed by atoms with van der Waals surface area (Å²) in [6.45, 7) is 0. The van der Waals surface area contributed by atoms with Crippen molar-refractivity contribution in [1.82, 2.24) is 0 Å². The third kappa shape index (κ3) is 4.55. The van der Waals surface area contributed by atoms with Crippen LogP contribution in [0.5, 0.6) is 0 Å². The van der Waals surface area contributed by atoms with Gasteiger partial charge in [-0.25, -0.2) is 0 Å². The van der Waals surface area contributed by atoms with Crippen LogP contribution < -0.4 is 4.90 Å². The van der Waals surface area contributed by atoms with Gasteiger partial charge in [0.25, 0.3) is 0 Å². The van der Waals surface area contributed by atoms with Crippen LogP contribution in [0.4, 0.5) is 11.4 Å². The van der Waals surface area contributed by atoms with Crippen LogP contribution in [0.2, 0.25) is 0 Å². The van der Waals surface area contributed by atoms with Crippen molar-refractivity contribution >= 4 is 11.4 Å². The van der Waals surface area contributed by atoms with E-state index >= 15 is 0 Å². The van der Waals surface area contributed by atoms with Gasteiger partial charge < -0.3 is 4.90 Å². The van der Waals surface area contributed by atoms with Crippen LogP contribution in [-0.2, 0) is 12.8 Å². The average Bonchev–Trinajstić information content (AvgIpc) is 3.67. The maximum Gasteiger partial charge on any atom is 0.0447 e. The van der Waals surface area contributed by atoms with Crippen LogP contribution in [0, 0.1) is 0 Å². The number of fused-ring (bicyclic) bond motifs is 5. The minimum Gasteiger partial charge on any atom is -0.337 e. The predicted molar refractivity (Wildman–Crippen MR) is 193 cm³/mol. The van der Waals surface area contributed by atoms with Gasteiger partial charge in [0.2, 0.25) is 0 Å². The maximum absolute atomic E-state index is 2.60. The van der Waals surface area contributed by atoms with Crippen molar-refractivity contribution in [2.24, 2.45) is 0 Å². The van der Waals surface area contributed by atoms with E-state index in [1.807, 2.05) is 0 Å². The minimum atomic E-state index is 0.467. The van der Waals surface area contributed by atoms with Gasteiger partial charge in [-0.15, -0.1) is 0 Å². The Morgan fingerprint density at radius 2 is 0.761 bits per heavy atom. The lowest BCUT2D eigenvalue weighted by Crippen LogP contribution is -2.22. The molecular formula is C45H33N. The quantitative estimate of drug-likeness (QED) is 0.194. The maximum atomic E-state index is 2.60. The number of benzene rings is 7. The highest BCUT2D eigenvalue weighted by Crippen LogP contribution is 2.50. The van der Waals surface area contributed by atoms with Crippen LogP contribution in [0.1, 0.15) is 11.1 Å². The minimum absolute atomic E-state index is 0.467. The first-order chi connectivity index (χ1) is 22.8. The molecule has 218 valence electrons. The molecule has 2 aliphatic heterocycles. The van der Waals surface area contributed by atoms with Crippen LogP contribution in [0.3, 0.4) is 0 Å². The molecule has 2 aliphatic rings. The highest BCUT2D eigenvalue weighted by Gasteiger charge is 2.37. The third-order valence-corrected chi connectivity index (χ3v) is 9.77. The fourth-order valence-corrected chi connectivity index (χ4v) is 7.66. The van der Waals surface area contributed by atoms with Crippen molar-refractivity contribution in [2.75, 3.05) is 4.90 Å². The van der Waals surface area contributed by atoms with Crippen LogP contribution in [0.15, 0.2) is 170 Å². The molecule has 0 N–H and O–H groups in total. The molecular weight excluding hydrogens is 555 g/mol. The summed E-state index contributed by atoms with van der Waals surface area (Å²) in [6, 6.07) is 62.7. The van der Waals surface area contributed by atoms with Crippen molar-refractivity contribution in [3.63, 3.8) is 0 Å². The highest BCUT2D eigenvalue weighted by atomic mass is 15.2. The van der Waals surface area contributed by atoms with Crippen LogP contribution >= 0.6 is 0 Å². The van der Waals surface area contributed by atoms with Gasteiger partial charge in [0.1, 0.15) is 0 Å². The van der Waals surface area contributed by atoms with Crippen molar-refractivity contribution in [1.29, 1.82) is 0 Å². The number of hydrogen-bond donors (Lipinski definition) is 0. The van der Waals surface area contributed by atoms with E-state index in [0.29, 0.717) is 6.04 Å². The lowest BCUT2D eigenvalue weighted by Gasteiger charge is -2.22. The standard InChI is InChI=1S/C45H33N/c1-5-13-31(14-6-1)35-21-23-43-38(25-35)27-40-28-39-26-36(22-24-44(39)46(40)43)45-41(33-17-9-3-10-18-33)29-37(32-15-7-2-8-16-32)30-42(45)34-19-11-4-12-20-34/h1-26,29-30,40H,27-28H2. The number of rotatable bonds is 5. The zero-order chi connectivity index (χ0) is 30.5. The predicted octanol–water partition coefficient (Wildman–Crippen LogP) is 11.6. The molecule has 9 rings (SSSR count). The van der Waals surface area contributed by atoms with Gasteiger partial charge in [-0.05, 0) is 116 Å². The Kier molecular flexibility index (Phi) is 6.42. The van der Waals surface area contributed by atoms with E-state index in [-0.39, 0.29) is 0 Å². The Bertz CT molecular complexity index is 2120. The van der Waals surface area contributed by atoms with Gasteiger partial charge in [-0.2, -0.15) is 0 Å². The van der Waals surface area contributed by atoms with Crippen molar-refractivity contribution < 1.29 is 0 Å². The lowest BCUT2D eigenvalue weighted by atomic mass is 9.84. The first-order valence-electron chi connectivity index (χ1n) is 16.3. The summed E-state index contributed by atoms with van der Waals surface area (Å²) in [5, 5.41) is 0. The molecule has 1 unspecified atom stereocenters. The summed E-state index contributed by atoms with van der Waals surface area (Å²) in [5.41, 5.74) is 18.2. The van der Waals surface area contributed by atoms with E-state index in [1.54, 1.807) is 0 Å². The molecule has 0 fully saturated rings. The molecule has 0 amide bonds. The Morgan fingerprint density at radius 1 is 0.348 bits per heavy atom. The first-order valence-corrected chi connectivity index (χ1v) is 16.3.